The number of carbonyl (C=O) groups is 1. The maximum atomic E-state index is 14.5. The van der Waals surface area contributed by atoms with E-state index in [2.05, 4.69) is 16.4 Å². The van der Waals surface area contributed by atoms with Crippen LogP contribution in [0.4, 0.5) is 4.39 Å². The Bertz CT molecular complexity index is 1350. The molecular weight excluding hydrogens is 433 g/mol. The molecule has 156 valence electrons. The summed E-state index contributed by atoms with van der Waals surface area (Å²) in [6.45, 7) is 0. The number of aryl methyl sites for hydroxylation is 1. The molecule has 5 rings (SSSR count). The number of para-hydroxylation sites is 1. The Labute approximate surface area is 185 Å². The highest BCUT2D eigenvalue weighted by Gasteiger charge is 2.24. The van der Waals surface area contributed by atoms with E-state index in [0.717, 1.165) is 30.2 Å². The highest BCUT2D eigenvalue weighted by atomic mass is 32.2. The number of rotatable bonds is 5. The first-order valence-electron chi connectivity index (χ1n) is 9.87. The fourth-order valence-corrected chi connectivity index (χ4v) is 5.48. The second-order valence-corrected chi connectivity index (χ2v) is 9.13. The summed E-state index contributed by atoms with van der Waals surface area (Å²) in [5.74, 6) is -0.586. The highest BCUT2D eigenvalue weighted by Crippen LogP contribution is 2.31. The fraction of sp³-hybridized carbons (Fsp3) is 0.174. The lowest BCUT2D eigenvalue weighted by molar-refractivity contribution is -0.119. The molecule has 0 saturated heterocycles. The number of hydrogen-bond donors (Lipinski definition) is 1. The first-order chi connectivity index (χ1) is 15.1. The summed E-state index contributed by atoms with van der Waals surface area (Å²) < 4.78 is 16.2. The molecule has 1 aliphatic rings. The summed E-state index contributed by atoms with van der Waals surface area (Å²) in [5.41, 5.74) is 2.76. The smallest absolute Gasteiger partial charge is 0.276 e. The van der Waals surface area contributed by atoms with E-state index >= 15 is 0 Å². The predicted octanol–water partition coefficient (Wildman–Crippen LogP) is 4.48. The molecule has 31 heavy (non-hydrogen) atoms. The number of benzene rings is 2. The molecule has 2 aromatic carbocycles. The van der Waals surface area contributed by atoms with E-state index in [9.17, 15) is 14.0 Å². The molecular formula is C23H18FN3O2S2. The molecule has 5 nitrogen and oxygen atoms in total. The Morgan fingerprint density at radius 1 is 1.19 bits per heavy atom. The van der Waals surface area contributed by atoms with Gasteiger partial charge in [-0.05, 0) is 47.5 Å². The standard InChI is InChI=1S/C23H18FN3O2S2/c24-16-7-3-4-8-19(16)27-22(29)21-18(11-12-30-21)26-23(27)31-13-20(28)25-17-10-9-14-5-1-2-6-15(14)17/h1-8,11-12,17H,9-10,13H2,(H,25,28)/t17-/m0/s1. The van der Waals surface area contributed by atoms with Crippen molar-refractivity contribution in [2.75, 3.05) is 5.75 Å². The number of hydrogen-bond acceptors (Lipinski definition) is 5. The molecule has 2 aromatic heterocycles. The monoisotopic (exact) mass is 451 g/mol. The minimum atomic E-state index is -0.517. The van der Waals surface area contributed by atoms with Crippen molar-refractivity contribution in [3.05, 3.63) is 87.3 Å². The summed E-state index contributed by atoms with van der Waals surface area (Å²) in [6, 6.07) is 15.9. The summed E-state index contributed by atoms with van der Waals surface area (Å²) in [5, 5.41) is 5.15. The minimum Gasteiger partial charge on any atom is -0.349 e. The number of nitrogens with one attached hydrogen (secondary N) is 1. The minimum absolute atomic E-state index is 0.00891. The zero-order valence-electron chi connectivity index (χ0n) is 16.4. The lowest BCUT2D eigenvalue weighted by atomic mass is 10.1. The van der Waals surface area contributed by atoms with Crippen molar-refractivity contribution in [1.82, 2.24) is 14.9 Å². The zero-order valence-corrected chi connectivity index (χ0v) is 18.0. The van der Waals surface area contributed by atoms with E-state index in [-0.39, 0.29) is 28.9 Å². The number of carbonyl (C=O) groups excluding carboxylic acids is 1. The van der Waals surface area contributed by atoms with Gasteiger partial charge in [-0.3, -0.25) is 14.2 Å². The molecule has 0 bridgehead atoms. The van der Waals surface area contributed by atoms with E-state index in [0.29, 0.717) is 15.4 Å². The van der Waals surface area contributed by atoms with Crippen molar-refractivity contribution in [1.29, 1.82) is 0 Å². The van der Waals surface area contributed by atoms with Crippen LogP contribution >= 0.6 is 23.1 Å². The Morgan fingerprint density at radius 2 is 2.00 bits per heavy atom. The first-order valence-corrected chi connectivity index (χ1v) is 11.7. The van der Waals surface area contributed by atoms with Gasteiger partial charge in [0, 0.05) is 0 Å². The predicted molar refractivity (Wildman–Crippen MR) is 122 cm³/mol. The van der Waals surface area contributed by atoms with E-state index < -0.39 is 5.82 Å². The van der Waals surface area contributed by atoms with Crippen molar-refractivity contribution in [2.24, 2.45) is 0 Å². The number of nitrogens with zero attached hydrogens (tertiary/aromatic N) is 2. The van der Waals surface area contributed by atoms with Gasteiger partial charge in [-0.15, -0.1) is 11.3 Å². The first kappa shape index (κ1) is 20.0. The van der Waals surface area contributed by atoms with Gasteiger partial charge in [-0.2, -0.15) is 0 Å². The molecule has 0 radical (unpaired) electrons. The fourth-order valence-electron chi connectivity index (χ4n) is 3.91. The van der Waals surface area contributed by atoms with Gasteiger partial charge in [0.2, 0.25) is 5.91 Å². The molecule has 0 fully saturated rings. The number of thioether (sulfide) groups is 1. The zero-order chi connectivity index (χ0) is 21.4. The van der Waals surface area contributed by atoms with Crippen LogP contribution in [0, 0.1) is 5.82 Å². The lowest BCUT2D eigenvalue weighted by Gasteiger charge is -2.15. The topological polar surface area (TPSA) is 64.0 Å². The SMILES string of the molecule is O=C(CSc1nc2ccsc2c(=O)n1-c1ccccc1F)N[C@H]1CCc2ccccc21. The quantitative estimate of drug-likeness (QED) is 0.359. The van der Waals surface area contributed by atoms with E-state index in [1.54, 1.807) is 23.6 Å². The summed E-state index contributed by atoms with van der Waals surface area (Å²) in [6.07, 6.45) is 1.81. The molecule has 1 aliphatic carbocycles. The number of fused-ring (bicyclic) bond motifs is 2. The van der Waals surface area contributed by atoms with Crippen LogP contribution in [0.5, 0.6) is 0 Å². The van der Waals surface area contributed by atoms with Gasteiger partial charge in [0.15, 0.2) is 5.16 Å². The maximum absolute atomic E-state index is 14.5. The van der Waals surface area contributed by atoms with Crippen LogP contribution in [0.25, 0.3) is 15.9 Å². The van der Waals surface area contributed by atoms with E-state index in [1.807, 2.05) is 18.2 Å². The average Bonchev–Trinajstić information content (AvgIpc) is 3.41. The van der Waals surface area contributed by atoms with Crippen molar-refractivity contribution >= 4 is 39.2 Å². The maximum Gasteiger partial charge on any atom is 0.276 e. The third kappa shape index (κ3) is 3.77. The average molecular weight is 452 g/mol. The third-order valence-corrected chi connectivity index (χ3v) is 7.17. The van der Waals surface area contributed by atoms with Gasteiger partial charge in [0.05, 0.1) is 23.0 Å². The number of thiophene rings is 1. The highest BCUT2D eigenvalue weighted by molar-refractivity contribution is 7.99. The summed E-state index contributed by atoms with van der Waals surface area (Å²) >= 11 is 2.40. The van der Waals surface area contributed by atoms with Crippen molar-refractivity contribution in [3.8, 4) is 5.69 Å². The molecule has 4 aromatic rings. The second kappa shape index (κ2) is 8.28. The molecule has 0 saturated carbocycles. The molecule has 0 aliphatic heterocycles. The number of halogens is 1. The summed E-state index contributed by atoms with van der Waals surface area (Å²) in [4.78, 5) is 30.3. The van der Waals surface area contributed by atoms with Gasteiger partial charge in [0.25, 0.3) is 5.56 Å². The second-order valence-electron chi connectivity index (χ2n) is 7.27. The van der Waals surface area contributed by atoms with Gasteiger partial charge < -0.3 is 5.32 Å². The summed E-state index contributed by atoms with van der Waals surface area (Å²) in [7, 11) is 0. The lowest BCUT2D eigenvalue weighted by Crippen LogP contribution is -2.29. The molecule has 8 heteroatoms. The Morgan fingerprint density at radius 3 is 2.87 bits per heavy atom. The number of amides is 1. The van der Waals surface area contributed by atoms with Crippen LogP contribution in [0.15, 0.2) is 69.9 Å². The molecule has 1 atom stereocenters. The molecule has 2 heterocycles. The van der Waals surface area contributed by atoms with Gasteiger partial charge in [-0.25, -0.2) is 9.37 Å². The third-order valence-electron chi connectivity index (χ3n) is 5.34. The molecule has 0 spiro atoms. The molecule has 1 amide bonds. The molecule has 1 N–H and O–H groups in total. The van der Waals surface area contributed by atoms with E-state index in [1.165, 1.54) is 33.6 Å². The van der Waals surface area contributed by atoms with Crippen molar-refractivity contribution < 1.29 is 9.18 Å². The van der Waals surface area contributed by atoms with Crippen LogP contribution in [0.1, 0.15) is 23.6 Å². The van der Waals surface area contributed by atoms with Crippen molar-refractivity contribution in [2.45, 2.75) is 24.0 Å². The largest absolute Gasteiger partial charge is 0.349 e. The number of aromatic nitrogens is 2. The van der Waals surface area contributed by atoms with E-state index in [4.69, 9.17) is 0 Å². The van der Waals surface area contributed by atoms with Crippen LogP contribution in [-0.4, -0.2) is 21.2 Å². The van der Waals surface area contributed by atoms with Crippen molar-refractivity contribution in [3.63, 3.8) is 0 Å². The van der Waals surface area contributed by atoms with Gasteiger partial charge in [-0.1, -0.05) is 48.2 Å². The van der Waals surface area contributed by atoms with Crippen LogP contribution in [0.2, 0.25) is 0 Å². The Hall–Kier alpha value is -2.97. The van der Waals surface area contributed by atoms with Crippen LogP contribution in [0.3, 0.4) is 0 Å². The van der Waals surface area contributed by atoms with Gasteiger partial charge >= 0.3 is 0 Å². The molecule has 0 unspecified atom stereocenters. The van der Waals surface area contributed by atoms with Crippen LogP contribution in [-0.2, 0) is 11.2 Å². The van der Waals surface area contributed by atoms with Gasteiger partial charge in [0.1, 0.15) is 10.5 Å². The normalized spacial score (nSPS) is 15.2. The Balaban J connectivity index is 1.42. The van der Waals surface area contributed by atoms with Crippen LogP contribution < -0.4 is 10.9 Å². The Kier molecular flexibility index (Phi) is 5.33.